The molecule has 3 rings (SSSR count). The van der Waals surface area contributed by atoms with E-state index in [4.69, 9.17) is 23.7 Å². The number of esters is 2. The summed E-state index contributed by atoms with van der Waals surface area (Å²) >= 11 is 1.66. The molecule has 0 radical (unpaired) electrons. The van der Waals surface area contributed by atoms with Crippen molar-refractivity contribution < 1.29 is 33.3 Å². The van der Waals surface area contributed by atoms with Gasteiger partial charge in [0.05, 0.1) is 19.8 Å². The van der Waals surface area contributed by atoms with Crippen molar-refractivity contribution in [2.45, 2.75) is 70.7 Å². The molecule has 2 heterocycles. The number of carbonyl (C=O) groups excluding carboxylic acids is 2. The van der Waals surface area contributed by atoms with Crippen LogP contribution in [0.25, 0.3) is 0 Å². The maximum absolute atomic E-state index is 12.6. The van der Waals surface area contributed by atoms with Gasteiger partial charge in [0.15, 0.2) is 11.4 Å². The van der Waals surface area contributed by atoms with Crippen LogP contribution < -0.4 is 0 Å². The number of fused-ring (bicyclic) bond motifs is 1. The van der Waals surface area contributed by atoms with E-state index in [1.54, 1.807) is 25.6 Å². The van der Waals surface area contributed by atoms with Gasteiger partial charge in [-0.25, -0.2) is 9.59 Å². The zero-order valence-corrected chi connectivity index (χ0v) is 21.3. The van der Waals surface area contributed by atoms with Gasteiger partial charge in [0.1, 0.15) is 23.7 Å². The molecule has 2 aliphatic heterocycles. The van der Waals surface area contributed by atoms with E-state index in [2.05, 4.69) is 6.92 Å². The molecule has 4 atom stereocenters. The van der Waals surface area contributed by atoms with E-state index in [1.165, 1.54) is 6.20 Å². The van der Waals surface area contributed by atoms with Crippen molar-refractivity contribution in [3.8, 4) is 0 Å². The maximum atomic E-state index is 12.6. The van der Waals surface area contributed by atoms with Crippen LogP contribution in [0.15, 0.2) is 42.1 Å². The topological polar surface area (TPSA) is 83.5 Å². The summed E-state index contributed by atoms with van der Waals surface area (Å²) in [5, 5.41) is -0.188. The second-order valence-corrected chi connectivity index (χ2v) is 9.82. The molecule has 188 valence electrons. The number of thioether (sulfide) groups is 1. The van der Waals surface area contributed by atoms with E-state index in [-0.39, 0.29) is 42.5 Å². The molecule has 0 bridgehead atoms. The SMILES string of the molecule is CCOC(=O)C(=CN1C[C@@H](OCc2ccccc2)[C@H]2OC(C)(C)O[C@H]2[C@@H]1SCC)C(=O)OCC. The van der Waals surface area contributed by atoms with Crippen molar-refractivity contribution in [2.75, 3.05) is 25.5 Å². The first-order chi connectivity index (χ1) is 16.3. The Hall–Kier alpha value is -2.07. The molecule has 2 fully saturated rings. The second kappa shape index (κ2) is 12.1. The van der Waals surface area contributed by atoms with Crippen LogP contribution in [-0.2, 0) is 39.9 Å². The Bertz CT molecular complexity index is 840. The molecule has 0 saturated carbocycles. The number of hydrogen-bond acceptors (Lipinski definition) is 9. The predicted octanol–water partition coefficient (Wildman–Crippen LogP) is 3.50. The number of piperidine rings is 1. The Labute approximate surface area is 205 Å². The first-order valence-electron chi connectivity index (χ1n) is 11.7. The summed E-state index contributed by atoms with van der Waals surface area (Å²) < 4.78 is 29.1. The van der Waals surface area contributed by atoms with Crippen LogP contribution in [0.1, 0.15) is 40.2 Å². The fourth-order valence-electron chi connectivity index (χ4n) is 4.11. The number of nitrogens with zero attached hydrogens (tertiary/aromatic N) is 1. The summed E-state index contributed by atoms with van der Waals surface area (Å²) in [6, 6.07) is 9.90. The lowest BCUT2D eigenvalue weighted by Gasteiger charge is -2.44. The largest absolute Gasteiger partial charge is 0.462 e. The monoisotopic (exact) mass is 493 g/mol. The Morgan fingerprint density at radius 2 is 1.68 bits per heavy atom. The highest BCUT2D eigenvalue weighted by molar-refractivity contribution is 7.99. The van der Waals surface area contributed by atoms with Gasteiger partial charge in [-0.05, 0) is 39.0 Å². The fourth-order valence-corrected chi connectivity index (χ4v) is 5.19. The predicted molar refractivity (Wildman–Crippen MR) is 129 cm³/mol. The molecule has 8 nitrogen and oxygen atoms in total. The fraction of sp³-hybridized carbons (Fsp3) is 0.600. The average Bonchev–Trinajstić information content (AvgIpc) is 3.13. The number of hydrogen-bond donors (Lipinski definition) is 0. The molecular weight excluding hydrogens is 458 g/mol. The Kier molecular flexibility index (Phi) is 9.41. The molecule has 2 saturated heterocycles. The lowest BCUT2D eigenvalue weighted by molar-refractivity contribution is -0.158. The van der Waals surface area contributed by atoms with Gasteiger partial charge in [-0.1, -0.05) is 37.3 Å². The van der Waals surface area contributed by atoms with E-state index in [9.17, 15) is 9.59 Å². The van der Waals surface area contributed by atoms with Crippen molar-refractivity contribution in [1.29, 1.82) is 0 Å². The van der Waals surface area contributed by atoms with Crippen LogP contribution in [-0.4, -0.2) is 71.8 Å². The van der Waals surface area contributed by atoms with Crippen LogP contribution >= 0.6 is 11.8 Å². The van der Waals surface area contributed by atoms with E-state index in [0.29, 0.717) is 13.2 Å². The number of benzene rings is 1. The minimum Gasteiger partial charge on any atom is -0.462 e. The lowest BCUT2D eigenvalue weighted by atomic mass is 10.0. The van der Waals surface area contributed by atoms with Crippen molar-refractivity contribution in [3.63, 3.8) is 0 Å². The van der Waals surface area contributed by atoms with E-state index in [1.807, 2.05) is 49.1 Å². The van der Waals surface area contributed by atoms with Crippen molar-refractivity contribution >= 4 is 23.7 Å². The molecule has 2 aliphatic rings. The smallest absolute Gasteiger partial charge is 0.347 e. The van der Waals surface area contributed by atoms with Gasteiger partial charge in [-0.15, -0.1) is 11.8 Å². The minimum absolute atomic E-state index is 0.149. The summed E-state index contributed by atoms with van der Waals surface area (Å²) in [5.41, 5.74) is 0.895. The highest BCUT2D eigenvalue weighted by Gasteiger charge is 2.54. The standard InChI is InChI=1S/C25H35NO7S/c1-6-29-23(27)18(24(28)30-7-2)14-26-15-19(31-16-17-12-10-9-11-13-17)20-21(22(26)34-8-3)33-25(4,5)32-20/h9-14,19-22H,6-8,15-16H2,1-5H3/t19-,20-,21-,22+/m1/s1. The van der Waals surface area contributed by atoms with Crippen molar-refractivity contribution in [2.24, 2.45) is 0 Å². The molecule has 0 aliphatic carbocycles. The number of carbonyl (C=O) groups is 2. The van der Waals surface area contributed by atoms with Crippen LogP contribution in [0.4, 0.5) is 0 Å². The molecular formula is C25H35NO7S. The zero-order valence-electron chi connectivity index (χ0n) is 20.5. The second-order valence-electron chi connectivity index (χ2n) is 8.43. The number of rotatable bonds is 10. The van der Waals surface area contributed by atoms with Gasteiger partial charge in [-0.2, -0.15) is 0 Å². The van der Waals surface area contributed by atoms with Gasteiger partial charge in [0.25, 0.3) is 0 Å². The highest BCUT2D eigenvalue weighted by Crippen LogP contribution is 2.41. The van der Waals surface area contributed by atoms with Crippen LogP contribution in [0, 0.1) is 0 Å². The Morgan fingerprint density at radius 1 is 1.06 bits per heavy atom. The first-order valence-corrected chi connectivity index (χ1v) is 12.8. The first kappa shape index (κ1) is 26.5. The van der Waals surface area contributed by atoms with E-state index in [0.717, 1.165) is 11.3 Å². The van der Waals surface area contributed by atoms with Gasteiger partial charge in [0, 0.05) is 12.7 Å². The van der Waals surface area contributed by atoms with Crippen LogP contribution in [0.3, 0.4) is 0 Å². The third kappa shape index (κ3) is 6.53. The molecule has 0 N–H and O–H groups in total. The maximum Gasteiger partial charge on any atom is 0.347 e. The molecule has 0 amide bonds. The highest BCUT2D eigenvalue weighted by atomic mass is 32.2. The lowest BCUT2D eigenvalue weighted by Crippen LogP contribution is -2.58. The molecule has 0 spiro atoms. The summed E-state index contributed by atoms with van der Waals surface area (Å²) in [5.74, 6) is -1.39. The number of likely N-dealkylation sites (tertiary alicyclic amines) is 1. The van der Waals surface area contributed by atoms with Crippen LogP contribution in [0.5, 0.6) is 0 Å². The zero-order chi connectivity index (χ0) is 24.7. The van der Waals surface area contributed by atoms with Gasteiger partial charge >= 0.3 is 11.9 Å². The molecule has 1 aromatic carbocycles. The minimum atomic E-state index is -0.777. The van der Waals surface area contributed by atoms with Gasteiger partial charge in [0.2, 0.25) is 0 Å². The van der Waals surface area contributed by atoms with Gasteiger partial charge in [-0.3, -0.25) is 0 Å². The Morgan fingerprint density at radius 3 is 2.26 bits per heavy atom. The third-order valence-corrected chi connectivity index (χ3v) is 6.67. The normalized spacial score (nSPS) is 25.4. The van der Waals surface area contributed by atoms with Crippen LogP contribution in [0.2, 0.25) is 0 Å². The summed E-state index contributed by atoms with van der Waals surface area (Å²) in [6.45, 7) is 10.3. The summed E-state index contributed by atoms with van der Waals surface area (Å²) in [7, 11) is 0. The summed E-state index contributed by atoms with van der Waals surface area (Å²) in [6.07, 6.45) is 0.576. The molecule has 1 aromatic rings. The van der Waals surface area contributed by atoms with E-state index >= 15 is 0 Å². The van der Waals surface area contributed by atoms with E-state index < -0.39 is 17.7 Å². The van der Waals surface area contributed by atoms with Crippen molar-refractivity contribution in [1.82, 2.24) is 4.90 Å². The molecule has 34 heavy (non-hydrogen) atoms. The Balaban J connectivity index is 1.93. The molecule has 0 unspecified atom stereocenters. The van der Waals surface area contributed by atoms with Gasteiger partial charge < -0.3 is 28.6 Å². The molecule has 9 heteroatoms. The molecule has 0 aromatic heterocycles. The number of ether oxygens (including phenoxy) is 5. The summed E-state index contributed by atoms with van der Waals surface area (Å²) in [4.78, 5) is 27.1. The van der Waals surface area contributed by atoms with Crippen molar-refractivity contribution in [3.05, 3.63) is 47.7 Å². The quantitative estimate of drug-likeness (QED) is 0.210. The third-order valence-electron chi connectivity index (χ3n) is 5.46. The average molecular weight is 494 g/mol.